The van der Waals surface area contributed by atoms with Crippen LogP contribution in [0.3, 0.4) is 0 Å². The molecule has 0 unspecified atom stereocenters. The van der Waals surface area contributed by atoms with Crippen LogP contribution in [0.2, 0.25) is 0 Å². The van der Waals surface area contributed by atoms with Crippen molar-refractivity contribution in [2.75, 3.05) is 38.6 Å². The fourth-order valence-electron chi connectivity index (χ4n) is 1.65. The summed E-state index contributed by atoms with van der Waals surface area (Å²) in [6.07, 6.45) is 0.621. The largest absolute Gasteiger partial charge is 0.495 e. The first kappa shape index (κ1) is 15.7. The van der Waals surface area contributed by atoms with E-state index in [-0.39, 0.29) is 0 Å². The van der Waals surface area contributed by atoms with E-state index in [1.165, 1.54) is 29.8 Å². The predicted octanol–water partition coefficient (Wildman–Crippen LogP) is 0.657. The SMILES string of the molecule is COc1ccccc1N(C)S(=O)(=O)N(C)CCCN. The Balaban J connectivity index is 3.00. The van der Waals surface area contributed by atoms with Gasteiger partial charge in [-0.15, -0.1) is 0 Å². The molecule has 0 aromatic heterocycles. The molecule has 0 aliphatic rings. The molecule has 0 heterocycles. The fourth-order valence-corrected chi connectivity index (χ4v) is 2.83. The molecule has 1 aromatic carbocycles. The van der Waals surface area contributed by atoms with Crippen LogP contribution < -0.4 is 14.8 Å². The van der Waals surface area contributed by atoms with Crippen molar-refractivity contribution in [1.82, 2.24) is 4.31 Å². The van der Waals surface area contributed by atoms with Gasteiger partial charge in [0.25, 0.3) is 0 Å². The summed E-state index contributed by atoms with van der Waals surface area (Å²) in [6, 6.07) is 6.99. The number of nitrogens with zero attached hydrogens (tertiary/aromatic N) is 2. The van der Waals surface area contributed by atoms with Gasteiger partial charge in [0.15, 0.2) is 0 Å². The number of methoxy groups -OCH3 is 1. The minimum Gasteiger partial charge on any atom is -0.495 e. The Morgan fingerprint density at radius 3 is 2.47 bits per heavy atom. The van der Waals surface area contributed by atoms with Crippen LogP contribution >= 0.6 is 0 Å². The number of nitrogens with two attached hydrogens (primary N) is 1. The second-order valence-corrected chi connectivity index (χ2v) is 6.18. The van der Waals surface area contributed by atoms with E-state index in [0.29, 0.717) is 30.9 Å². The molecule has 0 aliphatic heterocycles. The van der Waals surface area contributed by atoms with Gasteiger partial charge in [0.05, 0.1) is 12.8 Å². The van der Waals surface area contributed by atoms with E-state index >= 15 is 0 Å². The summed E-state index contributed by atoms with van der Waals surface area (Å²) in [5.74, 6) is 0.515. The van der Waals surface area contributed by atoms with Crippen LogP contribution in [0.5, 0.6) is 5.75 Å². The molecular weight excluding hydrogens is 266 g/mol. The molecule has 6 nitrogen and oxygen atoms in total. The maximum absolute atomic E-state index is 12.4. The molecule has 108 valence electrons. The summed E-state index contributed by atoms with van der Waals surface area (Å²) in [5.41, 5.74) is 5.90. The molecule has 0 saturated carbocycles. The highest BCUT2D eigenvalue weighted by Gasteiger charge is 2.25. The van der Waals surface area contributed by atoms with E-state index < -0.39 is 10.2 Å². The van der Waals surface area contributed by atoms with Crippen LogP contribution in [0.25, 0.3) is 0 Å². The second-order valence-electron chi connectivity index (χ2n) is 4.11. The first-order valence-electron chi connectivity index (χ1n) is 5.98. The summed E-state index contributed by atoms with van der Waals surface area (Å²) in [4.78, 5) is 0. The van der Waals surface area contributed by atoms with E-state index in [1.54, 1.807) is 24.3 Å². The summed E-state index contributed by atoms with van der Waals surface area (Å²) < 4.78 is 32.4. The molecule has 1 aromatic rings. The lowest BCUT2D eigenvalue weighted by atomic mass is 10.3. The van der Waals surface area contributed by atoms with Gasteiger partial charge in [-0.3, -0.25) is 4.31 Å². The molecule has 0 spiro atoms. The highest BCUT2D eigenvalue weighted by atomic mass is 32.2. The van der Waals surface area contributed by atoms with Crippen molar-refractivity contribution < 1.29 is 13.2 Å². The smallest absolute Gasteiger partial charge is 0.303 e. The molecule has 0 atom stereocenters. The zero-order valence-electron chi connectivity index (χ0n) is 11.5. The number of hydrogen-bond donors (Lipinski definition) is 1. The van der Waals surface area contributed by atoms with Crippen molar-refractivity contribution in [3.05, 3.63) is 24.3 Å². The fraction of sp³-hybridized carbons (Fsp3) is 0.500. The highest BCUT2D eigenvalue weighted by molar-refractivity contribution is 7.90. The van der Waals surface area contributed by atoms with E-state index in [2.05, 4.69) is 0 Å². The zero-order chi connectivity index (χ0) is 14.5. The molecule has 0 aliphatic carbocycles. The molecular formula is C12H21N3O3S. The lowest BCUT2D eigenvalue weighted by Gasteiger charge is -2.26. The van der Waals surface area contributed by atoms with Crippen molar-refractivity contribution >= 4 is 15.9 Å². The Morgan fingerprint density at radius 2 is 1.89 bits per heavy atom. The Bertz CT molecular complexity index is 505. The van der Waals surface area contributed by atoms with E-state index in [0.717, 1.165) is 0 Å². The van der Waals surface area contributed by atoms with Crippen LogP contribution in [-0.4, -0.2) is 47.0 Å². The van der Waals surface area contributed by atoms with Gasteiger partial charge in [-0.05, 0) is 25.1 Å². The quantitative estimate of drug-likeness (QED) is 0.799. The van der Waals surface area contributed by atoms with Gasteiger partial charge in [0.1, 0.15) is 5.75 Å². The molecule has 0 radical (unpaired) electrons. The summed E-state index contributed by atoms with van der Waals surface area (Å²) >= 11 is 0. The van der Waals surface area contributed by atoms with Crippen LogP contribution in [0, 0.1) is 0 Å². The number of hydrogen-bond acceptors (Lipinski definition) is 4. The van der Waals surface area contributed by atoms with Crippen molar-refractivity contribution in [2.24, 2.45) is 5.73 Å². The van der Waals surface area contributed by atoms with Gasteiger partial charge in [0.2, 0.25) is 0 Å². The molecule has 0 amide bonds. The molecule has 0 saturated heterocycles. The monoisotopic (exact) mass is 287 g/mol. The van der Waals surface area contributed by atoms with Crippen LogP contribution in [0.1, 0.15) is 6.42 Å². The number of anilines is 1. The topological polar surface area (TPSA) is 75.9 Å². The number of benzene rings is 1. The number of rotatable bonds is 7. The molecule has 0 fully saturated rings. The minimum atomic E-state index is -3.57. The third-order valence-corrected chi connectivity index (χ3v) is 4.70. The average Bonchev–Trinajstić information content (AvgIpc) is 2.43. The van der Waals surface area contributed by atoms with Gasteiger partial charge in [0, 0.05) is 20.6 Å². The number of ether oxygens (including phenoxy) is 1. The second kappa shape index (κ2) is 6.74. The third-order valence-electron chi connectivity index (χ3n) is 2.84. The minimum absolute atomic E-state index is 0.387. The van der Waals surface area contributed by atoms with Crippen molar-refractivity contribution in [3.8, 4) is 5.75 Å². The highest BCUT2D eigenvalue weighted by Crippen LogP contribution is 2.29. The number of para-hydroxylation sites is 2. The molecule has 1 rings (SSSR count). The first-order chi connectivity index (χ1) is 8.95. The van der Waals surface area contributed by atoms with E-state index in [1.807, 2.05) is 0 Å². The summed E-state index contributed by atoms with van der Waals surface area (Å²) in [7, 11) is 0.990. The van der Waals surface area contributed by atoms with E-state index in [9.17, 15) is 8.42 Å². The normalized spacial score (nSPS) is 11.6. The van der Waals surface area contributed by atoms with Crippen LogP contribution in [0.15, 0.2) is 24.3 Å². The molecule has 7 heteroatoms. The molecule has 19 heavy (non-hydrogen) atoms. The lowest BCUT2D eigenvalue weighted by molar-refractivity contribution is 0.415. The zero-order valence-corrected chi connectivity index (χ0v) is 12.4. The Labute approximate surface area is 114 Å². The van der Waals surface area contributed by atoms with Crippen LogP contribution in [-0.2, 0) is 10.2 Å². The Kier molecular flexibility index (Phi) is 5.59. The summed E-state index contributed by atoms with van der Waals surface area (Å²) in [6.45, 7) is 0.844. The maximum atomic E-state index is 12.4. The van der Waals surface area contributed by atoms with Gasteiger partial charge < -0.3 is 10.5 Å². The molecule has 2 N–H and O–H groups in total. The Morgan fingerprint density at radius 1 is 1.26 bits per heavy atom. The lowest BCUT2D eigenvalue weighted by Crippen LogP contribution is -2.40. The first-order valence-corrected chi connectivity index (χ1v) is 7.38. The molecule has 0 bridgehead atoms. The maximum Gasteiger partial charge on any atom is 0.303 e. The standard InChI is InChI=1S/C12H21N3O3S/c1-14(10-6-9-13)19(16,17)15(2)11-7-4-5-8-12(11)18-3/h4-5,7-8H,6,9-10,13H2,1-3H3. The van der Waals surface area contributed by atoms with E-state index in [4.69, 9.17) is 10.5 Å². The van der Waals surface area contributed by atoms with Crippen molar-refractivity contribution in [3.63, 3.8) is 0 Å². The van der Waals surface area contributed by atoms with Gasteiger partial charge in [-0.25, -0.2) is 0 Å². The van der Waals surface area contributed by atoms with Crippen LogP contribution in [0.4, 0.5) is 5.69 Å². The van der Waals surface area contributed by atoms with Gasteiger partial charge in [-0.2, -0.15) is 12.7 Å². The summed E-state index contributed by atoms with van der Waals surface area (Å²) in [5, 5.41) is 0. The van der Waals surface area contributed by atoms with Gasteiger partial charge in [-0.1, -0.05) is 12.1 Å². The third kappa shape index (κ3) is 3.59. The average molecular weight is 287 g/mol. The van der Waals surface area contributed by atoms with Gasteiger partial charge >= 0.3 is 10.2 Å². The Hall–Kier alpha value is -1.31. The van der Waals surface area contributed by atoms with Crippen molar-refractivity contribution in [2.45, 2.75) is 6.42 Å². The van der Waals surface area contributed by atoms with Crippen molar-refractivity contribution in [1.29, 1.82) is 0 Å². The predicted molar refractivity (Wildman–Crippen MR) is 76.6 cm³/mol.